The van der Waals surface area contributed by atoms with Crippen molar-refractivity contribution in [1.82, 2.24) is 15.1 Å². The number of nitrogens with zero attached hydrogens (tertiary/aromatic N) is 3. The second-order valence-electron chi connectivity index (χ2n) is 8.13. The Kier molecular flexibility index (Phi) is 4.79. The second kappa shape index (κ2) is 7.31. The molecule has 0 saturated heterocycles. The summed E-state index contributed by atoms with van der Waals surface area (Å²) < 4.78 is 49.6. The molecule has 0 radical (unpaired) electrons. The van der Waals surface area contributed by atoms with Gasteiger partial charge in [0, 0.05) is 41.6 Å². The van der Waals surface area contributed by atoms with E-state index in [1.54, 1.807) is 44.4 Å². The smallest absolute Gasteiger partial charge is 0.295 e. The third-order valence-corrected chi connectivity index (χ3v) is 8.35. The highest BCUT2D eigenvalue weighted by Crippen LogP contribution is 2.49. The lowest BCUT2D eigenvalue weighted by atomic mass is 9.98. The molecule has 5 rings (SSSR count). The molecule has 0 fully saturated rings. The Morgan fingerprint density at radius 1 is 1.19 bits per heavy atom. The average Bonchev–Trinajstić information content (AvgIpc) is 3.49. The fourth-order valence-corrected chi connectivity index (χ4v) is 6.28. The number of halogens is 2. The highest BCUT2D eigenvalue weighted by atomic mass is 35.5. The molecule has 2 heterocycles. The standard InChI is InChI=1S/C22H20ClFN4O3S/c1-28(2)21-26-20(31-27-21)22(24,32(29,30)15-6-4-3-5-7-15)13-10-16-17-12-14(23)8-9-18(17)25-19(16)11-13/h3-9,12-13,25H,10-11H2,1-2H3. The van der Waals surface area contributed by atoms with Crippen molar-refractivity contribution in [2.75, 3.05) is 19.0 Å². The van der Waals surface area contributed by atoms with Crippen LogP contribution in [0.1, 0.15) is 17.1 Å². The van der Waals surface area contributed by atoms with Gasteiger partial charge >= 0.3 is 0 Å². The van der Waals surface area contributed by atoms with Crippen LogP contribution < -0.4 is 4.90 Å². The van der Waals surface area contributed by atoms with Gasteiger partial charge < -0.3 is 14.4 Å². The van der Waals surface area contributed by atoms with Crippen LogP contribution in [0.15, 0.2) is 57.9 Å². The molecule has 2 atom stereocenters. The Morgan fingerprint density at radius 2 is 1.94 bits per heavy atom. The van der Waals surface area contributed by atoms with Crippen molar-refractivity contribution in [3.8, 4) is 0 Å². The number of fused-ring (bicyclic) bond motifs is 3. The molecule has 2 aromatic carbocycles. The van der Waals surface area contributed by atoms with Gasteiger partial charge in [0.1, 0.15) is 0 Å². The number of rotatable bonds is 5. The average molecular weight is 475 g/mol. The van der Waals surface area contributed by atoms with E-state index in [-0.39, 0.29) is 23.7 Å². The van der Waals surface area contributed by atoms with Gasteiger partial charge in [0.2, 0.25) is 9.84 Å². The SMILES string of the molecule is CN(C)c1noc(C(F)(C2Cc3[nH]c4ccc(Cl)cc4c3C2)S(=O)(=O)c2ccccc2)n1. The molecule has 0 spiro atoms. The largest absolute Gasteiger partial charge is 0.358 e. The third kappa shape index (κ3) is 3.02. The molecule has 10 heteroatoms. The van der Waals surface area contributed by atoms with Gasteiger partial charge in [-0.05, 0) is 53.9 Å². The van der Waals surface area contributed by atoms with E-state index < -0.39 is 26.6 Å². The molecule has 0 saturated carbocycles. The van der Waals surface area contributed by atoms with Crippen LogP contribution in [0.3, 0.4) is 0 Å². The van der Waals surface area contributed by atoms with E-state index >= 15 is 4.39 Å². The van der Waals surface area contributed by atoms with Crippen molar-refractivity contribution in [3.05, 3.63) is 70.7 Å². The molecule has 1 aliphatic carbocycles. The number of hydrogen-bond acceptors (Lipinski definition) is 6. The number of H-pyrrole nitrogens is 1. The first-order valence-electron chi connectivity index (χ1n) is 10.0. The molecular weight excluding hydrogens is 455 g/mol. The van der Waals surface area contributed by atoms with Crippen molar-refractivity contribution in [1.29, 1.82) is 0 Å². The quantitative estimate of drug-likeness (QED) is 0.464. The van der Waals surface area contributed by atoms with Gasteiger partial charge in [-0.15, -0.1) is 0 Å². The van der Waals surface area contributed by atoms with E-state index in [9.17, 15) is 8.42 Å². The van der Waals surface area contributed by atoms with E-state index in [0.29, 0.717) is 5.02 Å². The Balaban J connectivity index is 1.65. The second-order valence-corrected chi connectivity index (χ2v) is 10.6. The van der Waals surface area contributed by atoms with Gasteiger partial charge in [-0.3, -0.25) is 0 Å². The zero-order chi connectivity index (χ0) is 22.7. The predicted octanol–water partition coefficient (Wildman–Crippen LogP) is 4.28. The maximum absolute atomic E-state index is 17.0. The minimum atomic E-state index is -4.53. The molecule has 0 amide bonds. The summed E-state index contributed by atoms with van der Waals surface area (Å²) in [5.74, 6) is -1.44. The van der Waals surface area contributed by atoms with E-state index in [2.05, 4.69) is 15.1 Å². The van der Waals surface area contributed by atoms with E-state index in [1.165, 1.54) is 17.0 Å². The highest BCUT2D eigenvalue weighted by molar-refractivity contribution is 7.92. The fraction of sp³-hybridized carbons (Fsp3) is 0.273. The summed E-state index contributed by atoms with van der Waals surface area (Å²) in [5, 5.41) is 2.26. The molecule has 0 aliphatic heterocycles. The van der Waals surface area contributed by atoms with Crippen molar-refractivity contribution in [3.63, 3.8) is 0 Å². The maximum Gasteiger partial charge on any atom is 0.295 e. The van der Waals surface area contributed by atoms with Crippen LogP contribution in [0.25, 0.3) is 10.9 Å². The fourth-order valence-electron chi connectivity index (χ4n) is 4.33. The monoisotopic (exact) mass is 474 g/mol. The summed E-state index contributed by atoms with van der Waals surface area (Å²) in [6, 6.07) is 13.0. The van der Waals surface area contributed by atoms with Crippen molar-refractivity contribution in [2.24, 2.45) is 5.92 Å². The number of aromatic nitrogens is 3. The van der Waals surface area contributed by atoms with Crippen molar-refractivity contribution in [2.45, 2.75) is 22.7 Å². The number of benzene rings is 2. The van der Waals surface area contributed by atoms with Crippen LogP contribution in [0.2, 0.25) is 5.02 Å². The zero-order valence-corrected chi connectivity index (χ0v) is 18.9. The lowest BCUT2D eigenvalue weighted by Crippen LogP contribution is -2.40. The van der Waals surface area contributed by atoms with Crippen LogP contribution in [0.4, 0.5) is 10.3 Å². The summed E-state index contributed by atoms with van der Waals surface area (Å²) >= 11 is 6.16. The first-order valence-corrected chi connectivity index (χ1v) is 11.9. The molecule has 166 valence electrons. The van der Waals surface area contributed by atoms with E-state index in [4.69, 9.17) is 16.1 Å². The van der Waals surface area contributed by atoms with Gasteiger partial charge in [0.25, 0.3) is 16.8 Å². The minimum absolute atomic E-state index is 0.0963. The van der Waals surface area contributed by atoms with E-state index in [0.717, 1.165) is 22.2 Å². The number of nitrogens with one attached hydrogen (secondary N) is 1. The number of sulfone groups is 1. The summed E-state index contributed by atoms with van der Waals surface area (Å²) in [6.45, 7) is 0. The molecule has 2 aromatic heterocycles. The van der Waals surface area contributed by atoms with Gasteiger partial charge in [0.15, 0.2) is 0 Å². The Labute approximate surface area is 189 Å². The zero-order valence-electron chi connectivity index (χ0n) is 17.3. The normalized spacial score (nSPS) is 17.9. The first kappa shape index (κ1) is 21.0. The van der Waals surface area contributed by atoms with Crippen molar-refractivity contribution >= 4 is 38.3 Å². The molecule has 1 N–H and O–H groups in total. The molecule has 2 unspecified atom stereocenters. The molecule has 0 bridgehead atoms. The van der Waals surface area contributed by atoms with Crippen LogP contribution in [-0.2, 0) is 27.7 Å². The van der Waals surface area contributed by atoms with Gasteiger partial charge in [-0.25, -0.2) is 12.8 Å². The lowest BCUT2D eigenvalue weighted by molar-refractivity contribution is 0.128. The third-order valence-electron chi connectivity index (χ3n) is 5.93. The van der Waals surface area contributed by atoms with E-state index in [1.807, 2.05) is 6.07 Å². The first-order chi connectivity index (χ1) is 15.2. The highest BCUT2D eigenvalue weighted by Gasteiger charge is 2.59. The van der Waals surface area contributed by atoms with Gasteiger partial charge in [0.05, 0.1) is 4.90 Å². The lowest BCUT2D eigenvalue weighted by Gasteiger charge is -2.27. The molecule has 32 heavy (non-hydrogen) atoms. The number of aromatic amines is 1. The Bertz CT molecular complexity index is 1420. The predicted molar refractivity (Wildman–Crippen MR) is 119 cm³/mol. The maximum atomic E-state index is 17.0. The van der Waals surface area contributed by atoms with Crippen LogP contribution in [0, 0.1) is 5.92 Å². The summed E-state index contributed by atoms with van der Waals surface area (Å²) in [5.41, 5.74) is 2.51. The number of hydrogen-bond donors (Lipinski definition) is 1. The molecule has 1 aliphatic rings. The van der Waals surface area contributed by atoms with Crippen LogP contribution in [0.5, 0.6) is 0 Å². The van der Waals surface area contributed by atoms with Crippen molar-refractivity contribution < 1.29 is 17.3 Å². The molecular formula is C22H20ClFN4O3S. The minimum Gasteiger partial charge on any atom is -0.358 e. The van der Waals surface area contributed by atoms with Gasteiger partial charge in [-0.1, -0.05) is 29.8 Å². The summed E-state index contributed by atoms with van der Waals surface area (Å²) in [7, 11) is -1.20. The van der Waals surface area contributed by atoms with Crippen LogP contribution in [-0.4, -0.2) is 37.6 Å². The Morgan fingerprint density at radius 3 is 2.62 bits per heavy atom. The topological polar surface area (TPSA) is 92.1 Å². The number of anilines is 1. The van der Waals surface area contributed by atoms with Crippen LogP contribution >= 0.6 is 11.6 Å². The van der Waals surface area contributed by atoms with Gasteiger partial charge in [-0.2, -0.15) is 4.98 Å². The summed E-state index contributed by atoms with van der Waals surface area (Å²) in [4.78, 5) is 8.76. The molecule has 4 aromatic rings. The molecule has 7 nitrogen and oxygen atoms in total. The number of alkyl halides is 1. The summed E-state index contributed by atoms with van der Waals surface area (Å²) in [6.07, 6.45) is 0.349. The Hall–Kier alpha value is -2.91.